The molecule has 2 aromatic heterocycles. The molecule has 4 aliphatic heterocycles. The fraction of sp³-hybridized carbons (Fsp3) is 0.382. The van der Waals surface area contributed by atoms with Gasteiger partial charge in [0.05, 0.1) is 38.9 Å². The van der Waals surface area contributed by atoms with Gasteiger partial charge in [0.25, 0.3) is 6.08 Å². The second-order valence-electron chi connectivity index (χ2n) is 12.6. The van der Waals surface area contributed by atoms with Gasteiger partial charge in [0, 0.05) is 29.7 Å². The number of nitriles is 1. The maximum atomic E-state index is 17.2. The van der Waals surface area contributed by atoms with Crippen LogP contribution in [0.3, 0.4) is 0 Å². The molecule has 6 heterocycles. The van der Waals surface area contributed by atoms with Crippen LogP contribution in [0.15, 0.2) is 23.8 Å². The summed E-state index contributed by atoms with van der Waals surface area (Å²) in [5.74, 6) is 1.51. The molecule has 0 spiro atoms. The summed E-state index contributed by atoms with van der Waals surface area (Å²) in [7, 11) is 0. The summed E-state index contributed by atoms with van der Waals surface area (Å²) in [5, 5.41) is 10.1. The Bertz CT molecular complexity index is 2170. The highest BCUT2D eigenvalue weighted by Crippen LogP contribution is 2.51. The van der Waals surface area contributed by atoms with Crippen LogP contribution in [0.4, 0.5) is 28.4 Å². The topological polar surface area (TPSA) is 110 Å². The summed E-state index contributed by atoms with van der Waals surface area (Å²) in [6, 6.07) is 3.38. The SMILES string of the molecule is C#C[C@@H]1COc2c(Cl)c(-c3ccc(F)c4sc(N)c(C#N)c34)c(F)c3nc(OC[C@@]45CCCN4CC(=C(F)F)C5)nc(c23)N1C1CCOC1. The minimum Gasteiger partial charge on any atom is -0.488 e. The molecule has 0 bridgehead atoms. The minimum atomic E-state index is -1.69. The summed E-state index contributed by atoms with van der Waals surface area (Å²) in [6.07, 6.45) is 6.53. The van der Waals surface area contributed by atoms with Crippen LogP contribution in [0.25, 0.3) is 32.1 Å². The van der Waals surface area contributed by atoms with Gasteiger partial charge in [-0.05, 0) is 43.9 Å². The largest absolute Gasteiger partial charge is 0.488 e. The van der Waals surface area contributed by atoms with E-state index < -0.39 is 29.3 Å². The lowest BCUT2D eigenvalue weighted by molar-refractivity contribution is 0.108. The molecule has 2 aromatic carbocycles. The van der Waals surface area contributed by atoms with E-state index >= 15 is 8.78 Å². The van der Waals surface area contributed by atoms with Crippen LogP contribution in [-0.4, -0.2) is 72.0 Å². The zero-order valence-electron chi connectivity index (χ0n) is 25.8. The summed E-state index contributed by atoms with van der Waals surface area (Å²) in [5.41, 5.74) is 5.18. The van der Waals surface area contributed by atoms with E-state index in [4.69, 9.17) is 43.0 Å². The number of aromatic nitrogens is 2. The number of ether oxygens (including phenoxy) is 3. The van der Waals surface area contributed by atoms with Crippen molar-refractivity contribution in [2.45, 2.75) is 43.3 Å². The maximum absolute atomic E-state index is 17.2. The lowest BCUT2D eigenvalue weighted by Crippen LogP contribution is -2.46. The number of nitrogens with zero attached hydrogens (tertiary/aromatic N) is 5. The van der Waals surface area contributed by atoms with Crippen LogP contribution < -0.4 is 20.1 Å². The van der Waals surface area contributed by atoms with Crippen LogP contribution in [0.2, 0.25) is 5.02 Å². The zero-order valence-corrected chi connectivity index (χ0v) is 27.4. The molecule has 252 valence electrons. The number of hydrogen-bond acceptors (Lipinski definition) is 10. The third-order valence-electron chi connectivity index (χ3n) is 10.0. The van der Waals surface area contributed by atoms with Crippen molar-refractivity contribution < 1.29 is 31.8 Å². The second-order valence-corrected chi connectivity index (χ2v) is 14.1. The number of terminal acetylenes is 1. The van der Waals surface area contributed by atoms with Crippen molar-refractivity contribution in [3.05, 3.63) is 46.0 Å². The molecule has 4 aromatic rings. The molecular formula is C34H27ClF4N6O3S. The summed E-state index contributed by atoms with van der Waals surface area (Å²) >= 11 is 7.88. The molecule has 1 unspecified atom stereocenters. The number of rotatable bonds is 5. The number of fused-ring (bicyclic) bond motifs is 2. The Morgan fingerprint density at radius 2 is 2.08 bits per heavy atom. The molecule has 8 rings (SSSR count). The number of hydrogen-bond donors (Lipinski definition) is 1. The molecule has 0 aliphatic carbocycles. The lowest BCUT2D eigenvalue weighted by atomic mass is 9.94. The van der Waals surface area contributed by atoms with Crippen molar-refractivity contribution in [2.24, 2.45) is 0 Å². The molecule has 4 aliphatic rings. The van der Waals surface area contributed by atoms with E-state index in [2.05, 4.69) is 10.9 Å². The molecule has 3 atom stereocenters. The third-order valence-corrected chi connectivity index (χ3v) is 11.4. The van der Waals surface area contributed by atoms with Gasteiger partial charge in [-0.3, -0.25) is 4.90 Å². The third kappa shape index (κ3) is 4.88. The van der Waals surface area contributed by atoms with Crippen molar-refractivity contribution in [3.63, 3.8) is 0 Å². The zero-order chi connectivity index (χ0) is 34.2. The molecule has 0 saturated carbocycles. The normalized spacial score (nSPS) is 23.4. The minimum absolute atomic E-state index is 0.0104. The number of halogens is 5. The average molecular weight is 711 g/mol. The van der Waals surface area contributed by atoms with E-state index in [-0.39, 0.29) is 103 Å². The average Bonchev–Trinajstić information content (AvgIpc) is 3.86. The number of anilines is 2. The molecule has 3 fully saturated rings. The summed E-state index contributed by atoms with van der Waals surface area (Å²) in [4.78, 5) is 13.1. The van der Waals surface area contributed by atoms with Crippen molar-refractivity contribution in [3.8, 4) is 41.3 Å². The van der Waals surface area contributed by atoms with Gasteiger partial charge < -0.3 is 24.8 Å². The Balaban J connectivity index is 1.35. The van der Waals surface area contributed by atoms with E-state index in [9.17, 15) is 14.0 Å². The van der Waals surface area contributed by atoms with Gasteiger partial charge in [-0.25, -0.2) is 8.78 Å². The first kappa shape index (κ1) is 31.9. The highest BCUT2D eigenvalue weighted by Gasteiger charge is 2.48. The van der Waals surface area contributed by atoms with Crippen molar-refractivity contribution >= 4 is 54.7 Å². The highest BCUT2D eigenvalue weighted by atomic mass is 35.5. The monoisotopic (exact) mass is 710 g/mol. The van der Waals surface area contributed by atoms with Gasteiger partial charge in [-0.2, -0.15) is 24.0 Å². The molecule has 0 amide bonds. The van der Waals surface area contributed by atoms with Gasteiger partial charge in [0.15, 0.2) is 11.6 Å². The first-order valence-electron chi connectivity index (χ1n) is 15.6. The van der Waals surface area contributed by atoms with Crippen molar-refractivity contribution in [2.75, 3.05) is 50.2 Å². The number of benzene rings is 2. The molecular weight excluding hydrogens is 684 g/mol. The van der Waals surface area contributed by atoms with Crippen LogP contribution in [0.5, 0.6) is 11.8 Å². The van der Waals surface area contributed by atoms with Crippen LogP contribution >= 0.6 is 22.9 Å². The molecule has 2 N–H and O–H groups in total. The number of nitrogens with two attached hydrogens (primary N) is 1. The van der Waals surface area contributed by atoms with Gasteiger partial charge in [-0.1, -0.05) is 23.6 Å². The standard InChI is InChI=1S/C34H27ClF4N6O3S/c1-2-17-14-47-28-24-27(26(37)23(25(28)35)19-4-5-21(36)29-22(19)20(11-40)31(41)49-29)42-33(43-32(24)45(17)18-6-9-46-13-18)48-15-34-7-3-8-44(34)12-16(10-34)30(38)39/h1,4-5,17-18H,3,6-10,12-15,41H2/t17-,18?,34+/m1/s1. The van der Waals surface area contributed by atoms with Gasteiger partial charge in [0.2, 0.25) is 0 Å². The Labute approximate surface area is 286 Å². The molecule has 0 radical (unpaired) electrons. The molecule has 15 heteroatoms. The number of nitrogen functional groups attached to an aromatic ring is 1. The van der Waals surface area contributed by atoms with Gasteiger partial charge in [-0.15, -0.1) is 17.8 Å². The van der Waals surface area contributed by atoms with Gasteiger partial charge in [0.1, 0.15) is 47.5 Å². The Kier molecular flexibility index (Phi) is 7.76. The molecule has 3 saturated heterocycles. The fourth-order valence-electron chi connectivity index (χ4n) is 7.72. The van der Waals surface area contributed by atoms with E-state index in [0.717, 1.165) is 23.8 Å². The number of thiophene rings is 1. The fourth-order valence-corrected chi connectivity index (χ4v) is 9.00. The van der Waals surface area contributed by atoms with Crippen LogP contribution in [-0.2, 0) is 4.74 Å². The van der Waals surface area contributed by atoms with Crippen LogP contribution in [0.1, 0.15) is 31.2 Å². The summed E-state index contributed by atoms with van der Waals surface area (Å²) < 4.78 is 77.8. The lowest BCUT2D eigenvalue weighted by Gasteiger charge is -2.33. The van der Waals surface area contributed by atoms with E-state index in [0.29, 0.717) is 32.6 Å². The Hall–Kier alpha value is -4.34. The highest BCUT2D eigenvalue weighted by molar-refractivity contribution is 7.23. The van der Waals surface area contributed by atoms with E-state index in [1.165, 1.54) is 6.07 Å². The van der Waals surface area contributed by atoms with E-state index in [1.54, 1.807) is 0 Å². The Morgan fingerprint density at radius 1 is 1.24 bits per heavy atom. The van der Waals surface area contributed by atoms with E-state index in [1.807, 2.05) is 15.9 Å². The quantitative estimate of drug-likeness (QED) is 0.180. The summed E-state index contributed by atoms with van der Waals surface area (Å²) in [6.45, 7) is 1.54. The van der Waals surface area contributed by atoms with Crippen molar-refractivity contribution in [1.29, 1.82) is 5.26 Å². The first-order chi connectivity index (χ1) is 23.7. The molecule has 9 nitrogen and oxygen atoms in total. The second kappa shape index (κ2) is 11.9. The van der Waals surface area contributed by atoms with Crippen LogP contribution in [0, 0.1) is 35.3 Å². The predicted octanol–water partition coefficient (Wildman–Crippen LogP) is 6.65. The van der Waals surface area contributed by atoms with Crippen molar-refractivity contribution in [1.82, 2.24) is 14.9 Å². The maximum Gasteiger partial charge on any atom is 0.319 e. The Morgan fingerprint density at radius 3 is 2.82 bits per heavy atom. The first-order valence-corrected chi connectivity index (χ1v) is 16.8. The predicted molar refractivity (Wildman–Crippen MR) is 177 cm³/mol. The van der Waals surface area contributed by atoms with Gasteiger partial charge >= 0.3 is 6.01 Å². The smallest absolute Gasteiger partial charge is 0.319 e. The molecule has 49 heavy (non-hydrogen) atoms.